The van der Waals surface area contributed by atoms with Gasteiger partial charge in [0.1, 0.15) is 5.75 Å². The minimum absolute atomic E-state index is 0.270. The molecule has 0 amide bonds. The number of alkyl halides is 3. The molecule has 1 unspecified atom stereocenters. The second-order valence-electron chi connectivity index (χ2n) is 5.79. The number of hydrogen-bond donors (Lipinski definition) is 1. The zero-order valence-electron chi connectivity index (χ0n) is 11.7. The first-order valence-corrected chi connectivity index (χ1v) is 7.29. The lowest BCUT2D eigenvalue weighted by molar-refractivity contribution is -0.153. The molecule has 0 aliphatic carbocycles. The third kappa shape index (κ3) is 3.61. The van der Waals surface area contributed by atoms with E-state index in [1.165, 1.54) is 0 Å². The topological polar surface area (TPSA) is 24.5 Å². The predicted molar refractivity (Wildman–Crippen MR) is 74.6 cm³/mol. The van der Waals surface area contributed by atoms with Gasteiger partial charge in [-0.1, -0.05) is 12.1 Å². The van der Waals surface area contributed by atoms with Crippen LogP contribution in [-0.4, -0.2) is 43.4 Å². The first-order chi connectivity index (χ1) is 10.0. The molecule has 3 aliphatic heterocycles. The van der Waals surface area contributed by atoms with Crippen molar-refractivity contribution in [2.75, 3.05) is 31.6 Å². The standard InChI is InChI=1S/C15H19F3N2O/c16-15(17,18)10-21-14-4-2-1-3-12(14)19-13-9-20-7-5-11(13)6-8-20/h1-4,11,13,19H,5-10H2. The molecule has 3 aliphatic rings. The van der Waals surface area contributed by atoms with Crippen LogP contribution >= 0.6 is 0 Å². The fraction of sp³-hybridized carbons (Fsp3) is 0.600. The van der Waals surface area contributed by atoms with Crippen molar-refractivity contribution >= 4 is 5.69 Å². The summed E-state index contributed by atoms with van der Waals surface area (Å²) in [6.07, 6.45) is -2.00. The number of ether oxygens (including phenoxy) is 1. The lowest BCUT2D eigenvalue weighted by Gasteiger charge is -2.45. The predicted octanol–water partition coefficient (Wildman–Crippen LogP) is 3.13. The Bertz CT molecular complexity index is 484. The molecule has 3 saturated heterocycles. The summed E-state index contributed by atoms with van der Waals surface area (Å²) in [4.78, 5) is 2.40. The lowest BCUT2D eigenvalue weighted by atomic mass is 9.84. The Labute approximate surface area is 122 Å². The summed E-state index contributed by atoms with van der Waals surface area (Å²) in [7, 11) is 0. The molecule has 3 fully saturated rings. The van der Waals surface area contributed by atoms with Crippen LogP contribution in [-0.2, 0) is 0 Å². The van der Waals surface area contributed by atoms with Gasteiger partial charge in [-0.15, -0.1) is 0 Å². The SMILES string of the molecule is FC(F)(F)COc1ccccc1NC1CN2CCC1CC2. The molecule has 3 heterocycles. The number of piperidine rings is 3. The molecular formula is C15H19F3N2O. The molecule has 0 radical (unpaired) electrons. The van der Waals surface area contributed by atoms with Crippen molar-refractivity contribution in [2.24, 2.45) is 5.92 Å². The lowest BCUT2D eigenvalue weighted by Crippen LogP contribution is -2.53. The van der Waals surface area contributed by atoms with E-state index in [1.54, 1.807) is 18.2 Å². The largest absolute Gasteiger partial charge is 0.482 e. The van der Waals surface area contributed by atoms with E-state index in [-0.39, 0.29) is 5.75 Å². The van der Waals surface area contributed by atoms with Gasteiger partial charge in [-0.2, -0.15) is 13.2 Å². The number of nitrogens with zero attached hydrogens (tertiary/aromatic N) is 1. The highest BCUT2D eigenvalue weighted by atomic mass is 19.4. The van der Waals surface area contributed by atoms with Gasteiger partial charge in [0.15, 0.2) is 6.61 Å². The second kappa shape index (κ2) is 5.75. The Balaban J connectivity index is 1.67. The van der Waals surface area contributed by atoms with Crippen LogP contribution in [0.3, 0.4) is 0 Å². The highest BCUT2D eigenvalue weighted by molar-refractivity contribution is 5.57. The molecule has 1 aromatic carbocycles. The number of anilines is 1. The van der Waals surface area contributed by atoms with Gasteiger partial charge in [0, 0.05) is 12.6 Å². The van der Waals surface area contributed by atoms with Crippen LogP contribution in [0.1, 0.15) is 12.8 Å². The van der Waals surface area contributed by atoms with Crippen molar-refractivity contribution in [1.29, 1.82) is 0 Å². The Morgan fingerprint density at radius 1 is 1.19 bits per heavy atom. The number of fused-ring (bicyclic) bond motifs is 3. The summed E-state index contributed by atoms with van der Waals surface area (Å²) in [6, 6.07) is 7.15. The molecule has 1 atom stereocenters. The average molecular weight is 300 g/mol. The second-order valence-corrected chi connectivity index (χ2v) is 5.79. The Morgan fingerprint density at radius 2 is 1.90 bits per heavy atom. The van der Waals surface area contributed by atoms with Crippen LogP contribution in [0, 0.1) is 5.92 Å². The summed E-state index contributed by atoms with van der Waals surface area (Å²) in [5.41, 5.74) is 0.653. The third-order valence-corrected chi connectivity index (χ3v) is 4.28. The van der Waals surface area contributed by atoms with Crippen molar-refractivity contribution in [3.05, 3.63) is 24.3 Å². The summed E-state index contributed by atoms with van der Waals surface area (Å²) < 4.78 is 41.8. The fourth-order valence-electron chi connectivity index (χ4n) is 3.20. The summed E-state index contributed by atoms with van der Waals surface area (Å²) in [5, 5.41) is 3.38. The maximum Gasteiger partial charge on any atom is 0.422 e. The van der Waals surface area contributed by atoms with Crippen LogP contribution in [0.2, 0.25) is 0 Å². The van der Waals surface area contributed by atoms with Crippen LogP contribution in [0.4, 0.5) is 18.9 Å². The van der Waals surface area contributed by atoms with E-state index in [4.69, 9.17) is 4.74 Å². The molecule has 1 N–H and O–H groups in total. The van der Waals surface area contributed by atoms with Crippen molar-refractivity contribution in [1.82, 2.24) is 4.90 Å². The molecule has 0 saturated carbocycles. The van der Waals surface area contributed by atoms with E-state index in [9.17, 15) is 13.2 Å². The first kappa shape index (κ1) is 14.5. The Morgan fingerprint density at radius 3 is 2.52 bits per heavy atom. The Kier molecular flexibility index (Phi) is 3.97. The molecule has 3 nitrogen and oxygen atoms in total. The van der Waals surface area contributed by atoms with E-state index >= 15 is 0 Å². The molecule has 21 heavy (non-hydrogen) atoms. The van der Waals surface area contributed by atoms with Gasteiger partial charge >= 0.3 is 6.18 Å². The number of halogens is 3. The molecule has 0 spiro atoms. The maximum absolute atomic E-state index is 12.3. The van der Waals surface area contributed by atoms with Gasteiger partial charge in [0.05, 0.1) is 5.69 Å². The number of para-hydroxylation sites is 2. The van der Waals surface area contributed by atoms with Crippen molar-refractivity contribution < 1.29 is 17.9 Å². The molecular weight excluding hydrogens is 281 g/mol. The van der Waals surface area contributed by atoms with Gasteiger partial charge in [-0.3, -0.25) is 0 Å². The minimum Gasteiger partial charge on any atom is -0.482 e. The fourth-order valence-corrected chi connectivity index (χ4v) is 3.20. The number of benzene rings is 1. The van der Waals surface area contributed by atoms with Crippen LogP contribution < -0.4 is 10.1 Å². The van der Waals surface area contributed by atoms with E-state index in [2.05, 4.69) is 10.2 Å². The van der Waals surface area contributed by atoms with Crippen molar-refractivity contribution in [3.63, 3.8) is 0 Å². The van der Waals surface area contributed by atoms with E-state index in [0.29, 0.717) is 17.6 Å². The van der Waals surface area contributed by atoms with E-state index in [1.807, 2.05) is 6.07 Å². The van der Waals surface area contributed by atoms with Crippen LogP contribution in [0.5, 0.6) is 5.75 Å². The highest BCUT2D eigenvalue weighted by Gasteiger charge is 2.34. The molecule has 116 valence electrons. The third-order valence-electron chi connectivity index (χ3n) is 4.28. The molecule has 1 aromatic rings. The van der Waals surface area contributed by atoms with Gasteiger partial charge in [-0.25, -0.2) is 0 Å². The summed E-state index contributed by atoms with van der Waals surface area (Å²) in [5.74, 6) is 0.872. The smallest absolute Gasteiger partial charge is 0.422 e. The summed E-state index contributed by atoms with van der Waals surface area (Å²) in [6.45, 7) is 1.97. The van der Waals surface area contributed by atoms with Gasteiger partial charge in [-0.05, 0) is 44.0 Å². The van der Waals surface area contributed by atoms with E-state index < -0.39 is 12.8 Å². The molecule has 0 aromatic heterocycles. The highest BCUT2D eigenvalue weighted by Crippen LogP contribution is 2.33. The monoisotopic (exact) mass is 300 g/mol. The maximum atomic E-state index is 12.3. The van der Waals surface area contributed by atoms with Gasteiger partial charge < -0.3 is 15.0 Å². The normalized spacial score (nSPS) is 28.4. The summed E-state index contributed by atoms with van der Waals surface area (Å²) >= 11 is 0. The molecule has 6 heteroatoms. The quantitative estimate of drug-likeness (QED) is 0.924. The van der Waals surface area contributed by atoms with Gasteiger partial charge in [0.2, 0.25) is 0 Å². The number of rotatable bonds is 4. The average Bonchev–Trinajstić information content (AvgIpc) is 2.47. The molecule has 4 rings (SSSR count). The van der Waals surface area contributed by atoms with Crippen LogP contribution in [0.15, 0.2) is 24.3 Å². The van der Waals surface area contributed by atoms with Crippen molar-refractivity contribution in [3.8, 4) is 5.75 Å². The van der Waals surface area contributed by atoms with E-state index in [0.717, 1.165) is 32.5 Å². The molecule has 2 bridgehead atoms. The zero-order chi connectivity index (χ0) is 14.9. The Hall–Kier alpha value is -1.43. The zero-order valence-corrected chi connectivity index (χ0v) is 11.7. The van der Waals surface area contributed by atoms with Crippen LogP contribution in [0.25, 0.3) is 0 Å². The number of nitrogens with one attached hydrogen (secondary N) is 1. The van der Waals surface area contributed by atoms with Gasteiger partial charge in [0.25, 0.3) is 0 Å². The van der Waals surface area contributed by atoms with Crippen molar-refractivity contribution in [2.45, 2.75) is 25.1 Å². The minimum atomic E-state index is -4.32. The number of hydrogen-bond acceptors (Lipinski definition) is 3. The first-order valence-electron chi connectivity index (χ1n) is 7.29.